The molecule has 0 aromatic heterocycles. The van der Waals surface area contributed by atoms with Gasteiger partial charge in [-0.2, -0.15) is 5.26 Å². The standard InChI is InChI=1S/C11H21N3O/c1-11(8-12,13-10-4-5-10)9-14(2)6-7-15-3/h10,13H,4-7,9H2,1-3H3. The van der Waals surface area contributed by atoms with Gasteiger partial charge in [-0.15, -0.1) is 0 Å². The number of likely N-dealkylation sites (N-methyl/N-ethyl adjacent to an activating group) is 1. The first kappa shape index (κ1) is 12.4. The van der Waals surface area contributed by atoms with Gasteiger partial charge in [-0.3, -0.25) is 5.32 Å². The van der Waals surface area contributed by atoms with Gasteiger partial charge in [0.25, 0.3) is 0 Å². The Hall–Kier alpha value is -0.630. The molecule has 0 bridgehead atoms. The molecule has 0 aromatic rings. The van der Waals surface area contributed by atoms with Crippen LogP contribution in [0.2, 0.25) is 0 Å². The molecule has 0 radical (unpaired) electrons. The number of nitrogens with zero attached hydrogens (tertiary/aromatic N) is 2. The van der Waals surface area contributed by atoms with Crippen LogP contribution < -0.4 is 5.32 Å². The summed E-state index contributed by atoms with van der Waals surface area (Å²) < 4.78 is 5.01. The molecule has 0 aromatic carbocycles. The highest BCUT2D eigenvalue weighted by atomic mass is 16.5. The van der Waals surface area contributed by atoms with E-state index in [2.05, 4.69) is 16.3 Å². The fourth-order valence-corrected chi connectivity index (χ4v) is 1.66. The molecule has 0 saturated heterocycles. The fourth-order valence-electron chi connectivity index (χ4n) is 1.66. The van der Waals surface area contributed by atoms with Gasteiger partial charge in [0.05, 0.1) is 12.7 Å². The van der Waals surface area contributed by atoms with Crippen LogP contribution in [-0.2, 0) is 4.74 Å². The molecule has 1 N–H and O–H groups in total. The molecular formula is C11H21N3O. The van der Waals surface area contributed by atoms with E-state index in [1.165, 1.54) is 12.8 Å². The molecule has 1 unspecified atom stereocenters. The number of rotatable bonds is 7. The molecule has 0 spiro atoms. The van der Waals surface area contributed by atoms with E-state index < -0.39 is 5.54 Å². The second-order valence-electron chi connectivity index (χ2n) is 4.59. The van der Waals surface area contributed by atoms with Crippen molar-refractivity contribution in [1.29, 1.82) is 5.26 Å². The molecule has 1 saturated carbocycles. The highest BCUT2D eigenvalue weighted by Gasteiger charge is 2.33. The Labute approximate surface area is 92.2 Å². The molecule has 1 rings (SSSR count). The van der Waals surface area contributed by atoms with Gasteiger partial charge < -0.3 is 9.64 Å². The maximum atomic E-state index is 9.17. The number of hydrogen-bond donors (Lipinski definition) is 1. The summed E-state index contributed by atoms with van der Waals surface area (Å²) in [6.07, 6.45) is 2.41. The highest BCUT2D eigenvalue weighted by molar-refractivity contribution is 5.08. The van der Waals surface area contributed by atoms with Gasteiger partial charge in [0.15, 0.2) is 0 Å². The SMILES string of the molecule is COCCN(C)CC(C)(C#N)NC1CC1. The van der Waals surface area contributed by atoms with E-state index in [0.717, 1.165) is 13.1 Å². The summed E-state index contributed by atoms with van der Waals surface area (Å²) in [4.78, 5) is 2.13. The Morgan fingerprint density at radius 2 is 2.27 bits per heavy atom. The summed E-state index contributed by atoms with van der Waals surface area (Å²) in [5.74, 6) is 0. The minimum absolute atomic E-state index is 0.427. The minimum atomic E-state index is -0.427. The molecule has 0 heterocycles. The van der Waals surface area contributed by atoms with E-state index in [4.69, 9.17) is 10.00 Å². The normalized spacial score (nSPS) is 19.9. The molecule has 0 amide bonds. The third kappa shape index (κ3) is 4.61. The van der Waals surface area contributed by atoms with Crippen LogP contribution in [0.15, 0.2) is 0 Å². The van der Waals surface area contributed by atoms with Gasteiger partial charge in [0.2, 0.25) is 0 Å². The van der Waals surface area contributed by atoms with Gasteiger partial charge in [0.1, 0.15) is 5.54 Å². The van der Waals surface area contributed by atoms with Crippen molar-refractivity contribution in [3.8, 4) is 6.07 Å². The molecule has 4 nitrogen and oxygen atoms in total. The zero-order valence-electron chi connectivity index (χ0n) is 9.92. The Morgan fingerprint density at radius 1 is 1.60 bits per heavy atom. The molecule has 4 heteroatoms. The lowest BCUT2D eigenvalue weighted by atomic mass is 10.0. The van der Waals surface area contributed by atoms with Crippen molar-refractivity contribution in [3.05, 3.63) is 0 Å². The van der Waals surface area contributed by atoms with Crippen LogP contribution in [0, 0.1) is 11.3 Å². The largest absolute Gasteiger partial charge is 0.383 e. The van der Waals surface area contributed by atoms with Crippen LogP contribution in [-0.4, -0.2) is 50.3 Å². The van der Waals surface area contributed by atoms with Crippen molar-refractivity contribution >= 4 is 0 Å². The molecule has 15 heavy (non-hydrogen) atoms. The predicted molar refractivity (Wildman–Crippen MR) is 59.5 cm³/mol. The van der Waals surface area contributed by atoms with Gasteiger partial charge in [-0.05, 0) is 26.8 Å². The first-order chi connectivity index (χ1) is 7.09. The van der Waals surface area contributed by atoms with Crippen LogP contribution in [0.25, 0.3) is 0 Å². The second kappa shape index (κ2) is 5.45. The lowest BCUT2D eigenvalue weighted by Crippen LogP contribution is -2.50. The molecule has 1 aliphatic carbocycles. The number of hydrogen-bond acceptors (Lipinski definition) is 4. The van der Waals surface area contributed by atoms with Crippen LogP contribution >= 0.6 is 0 Å². The predicted octanol–water partition coefficient (Wildman–Crippen LogP) is 0.599. The summed E-state index contributed by atoms with van der Waals surface area (Å²) in [6, 6.07) is 2.92. The molecule has 0 aliphatic heterocycles. The average Bonchev–Trinajstić information content (AvgIpc) is 2.98. The van der Waals surface area contributed by atoms with Gasteiger partial charge in [-0.1, -0.05) is 0 Å². The molecule has 1 aliphatic rings. The molecular weight excluding hydrogens is 190 g/mol. The second-order valence-corrected chi connectivity index (χ2v) is 4.59. The number of methoxy groups -OCH3 is 1. The van der Waals surface area contributed by atoms with Gasteiger partial charge in [0, 0.05) is 26.2 Å². The van der Waals surface area contributed by atoms with Crippen molar-refractivity contribution < 1.29 is 4.74 Å². The number of nitrogens with one attached hydrogen (secondary N) is 1. The van der Waals surface area contributed by atoms with Crippen molar-refractivity contribution in [2.45, 2.75) is 31.3 Å². The highest BCUT2D eigenvalue weighted by Crippen LogP contribution is 2.22. The molecule has 86 valence electrons. The van der Waals surface area contributed by atoms with E-state index in [9.17, 15) is 0 Å². The lowest BCUT2D eigenvalue weighted by Gasteiger charge is -2.28. The van der Waals surface area contributed by atoms with Crippen molar-refractivity contribution in [2.75, 3.05) is 33.9 Å². The van der Waals surface area contributed by atoms with Crippen LogP contribution in [0.5, 0.6) is 0 Å². The van der Waals surface area contributed by atoms with E-state index in [0.29, 0.717) is 12.6 Å². The Balaban J connectivity index is 2.33. The van der Waals surface area contributed by atoms with E-state index >= 15 is 0 Å². The third-order valence-corrected chi connectivity index (χ3v) is 2.61. The molecule has 1 atom stereocenters. The monoisotopic (exact) mass is 211 g/mol. The zero-order chi connectivity index (χ0) is 11.3. The van der Waals surface area contributed by atoms with E-state index in [1.54, 1.807) is 7.11 Å². The first-order valence-electron chi connectivity index (χ1n) is 5.46. The topological polar surface area (TPSA) is 48.3 Å². The summed E-state index contributed by atoms with van der Waals surface area (Å²) in [5.41, 5.74) is -0.427. The summed E-state index contributed by atoms with van der Waals surface area (Å²) >= 11 is 0. The summed E-state index contributed by atoms with van der Waals surface area (Å²) in [7, 11) is 3.71. The number of nitriles is 1. The van der Waals surface area contributed by atoms with Crippen molar-refractivity contribution in [2.24, 2.45) is 0 Å². The quantitative estimate of drug-likeness (QED) is 0.670. The smallest absolute Gasteiger partial charge is 0.116 e. The maximum absolute atomic E-state index is 9.17. The fraction of sp³-hybridized carbons (Fsp3) is 0.909. The lowest BCUT2D eigenvalue weighted by molar-refractivity contribution is 0.150. The minimum Gasteiger partial charge on any atom is -0.383 e. The Bertz CT molecular complexity index is 234. The maximum Gasteiger partial charge on any atom is 0.116 e. The van der Waals surface area contributed by atoms with Crippen molar-refractivity contribution in [3.63, 3.8) is 0 Å². The zero-order valence-corrected chi connectivity index (χ0v) is 9.92. The van der Waals surface area contributed by atoms with Gasteiger partial charge in [-0.25, -0.2) is 0 Å². The number of ether oxygens (including phenoxy) is 1. The van der Waals surface area contributed by atoms with Crippen LogP contribution in [0.4, 0.5) is 0 Å². The Morgan fingerprint density at radius 3 is 2.73 bits per heavy atom. The third-order valence-electron chi connectivity index (χ3n) is 2.61. The Kier molecular flexibility index (Phi) is 4.52. The van der Waals surface area contributed by atoms with E-state index in [1.807, 2.05) is 14.0 Å². The molecule has 1 fully saturated rings. The summed E-state index contributed by atoms with van der Waals surface area (Å²) in [6.45, 7) is 4.28. The average molecular weight is 211 g/mol. The van der Waals surface area contributed by atoms with Gasteiger partial charge >= 0.3 is 0 Å². The van der Waals surface area contributed by atoms with Crippen LogP contribution in [0.3, 0.4) is 0 Å². The first-order valence-corrected chi connectivity index (χ1v) is 5.46. The van der Waals surface area contributed by atoms with Crippen LogP contribution in [0.1, 0.15) is 19.8 Å². The van der Waals surface area contributed by atoms with E-state index in [-0.39, 0.29) is 0 Å². The van der Waals surface area contributed by atoms with Crippen molar-refractivity contribution in [1.82, 2.24) is 10.2 Å². The summed E-state index contributed by atoms with van der Waals surface area (Å²) in [5, 5.41) is 12.5.